The number of hydrogen-bond acceptors (Lipinski definition) is 9. The molecule has 2 heterocycles. The predicted octanol–water partition coefficient (Wildman–Crippen LogP) is 3.86. The summed E-state index contributed by atoms with van der Waals surface area (Å²) in [4.78, 5) is 23.3. The van der Waals surface area contributed by atoms with Crippen molar-refractivity contribution in [1.82, 2.24) is 0 Å². The first-order valence-corrected chi connectivity index (χ1v) is 10.2. The number of fused-ring (bicyclic) bond motifs is 1. The van der Waals surface area contributed by atoms with Crippen LogP contribution in [0, 0.1) is 21.4 Å². The number of allylic oxidation sites excluding steroid dienone is 1. The van der Waals surface area contributed by atoms with Crippen LogP contribution in [0.2, 0.25) is 0 Å². The van der Waals surface area contributed by atoms with Crippen molar-refractivity contribution >= 4 is 23.0 Å². The van der Waals surface area contributed by atoms with Crippen molar-refractivity contribution < 1.29 is 23.9 Å². The molecule has 1 unspecified atom stereocenters. The molecule has 3 aromatic rings. The maximum atomic E-state index is 12.2. The number of thiophene rings is 1. The largest absolute Gasteiger partial charge is 0.482 e. The lowest BCUT2D eigenvalue weighted by Gasteiger charge is -2.25. The number of benzene rings is 2. The normalized spacial score (nSPS) is 14.7. The number of esters is 1. The molecule has 2 N–H and O–H groups in total. The first-order valence-electron chi connectivity index (χ1n) is 9.29. The monoisotopic (exact) mass is 449 g/mol. The molecule has 4 rings (SSSR count). The van der Waals surface area contributed by atoms with E-state index in [0.717, 1.165) is 10.4 Å². The Kier molecular flexibility index (Phi) is 5.74. The van der Waals surface area contributed by atoms with Gasteiger partial charge in [0.15, 0.2) is 6.61 Å². The van der Waals surface area contributed by atoms with Gasteiger partial charge in [0.2, 0.25) is 5.88 Å². The zero-order valence-corrected chi connectivity index (χ0v) is 17.2. The van der Waals surface area contributed by atoms with Gasteiger partial charge in [0.1, 0.15) is 28.9 Å². The predicted molar refractivity (Wildman–Crippen MR) is 114 cm³/mol. The van der Waals surface area contributed by atoms with Crippen molar-refractivity contribution in [2.75, 3.05) is 6.61 Å². The number of nitro groups is 1. The van der Waals surface area contributed by atoms with E-state index >= 15 is 0 Å². The molecule has 2 aromatic carbocycles. The Labute approximate surface area is 186 Å². The van der Waals surface area contributed by atoms with Gasteiger partial charge in [0.05, 0.1) is 10.8 Å². The molecule has 1 atom stereocenters. The standard InChI is InChI=1S/C22H15N3O6S/c23-11-17-21(19-2-1-9-32-19)16-8-7-15(10-18(16)31-22(17)24)30-20(26)12-29-14-5-3-13(4-6-14)25(27)28/h1-10,21H,12,24H2. The topological polar surface area (TPSA) is 138 Å². The van der Waals surface area contributed by atoms with Crippen LogP contribution in [0.1, 0.15) is 16.4 Å². The fourth-order valence-electron chi connectivity index (χ4n) is 3.21. The summed E-state index contributed by atoms with van der Waals surface area (Å²) in [5.74, 6) is -0.125. The molecule has 0 aliphatic carbocycles. The summed E-state index contributed by atoms with van der Waals surface area (Å²) >= 11 is 1.50. The van der Waals surface area contributed by atoms with E-state index in [1.807, 2.05) is 17.5 Å². The summed E-state index contributed by atoms with van der Waals surface area (Å²) in [5.41, 5.74) is 6.94. The molecule has 10 heteroatoms. The minimum atomic E-state index is -0.671. The van der Waals surface area contributed by atoms with E-state index < -0.39 is 17.5 Å². The number of rotatable bonds is 6. The highest BCUT2D eigenvalue weighted by molar-refractivity contribution is 7.10. The molecule has 0 bridgehead atoms. The van der Waals surface area contributed by atoms with E-state index in [0.29, 0.717) is 17.1 Å². The molecule has 160 valence electrons. The number of hydrogen-bond donors (Lipinski definition) is 1. The van der Waals surface area contributed by atoms with Gasteiger partial charge in [-0.2, -0.15) is 5.26 Å². The Morgan fingerprint density at radius 3 is 2.62 bits per heavy atom. The van der Waals surface area contributed by atoms with Crippen LogP contribution in [0.5, 0.6) is 17.2 Å². The Balaban J connectivity index is 1.47. The molecule has 9 nitrogen and oxygen atoms in total. The Bertz CT molecular complexity index is 1250. The first kappa shape index (κ1) is 20.9. The summed E-state index contributed by atoms with van der Waals surface area (Å²) < 4.78 is 16.2. The molecular weight excluding hydrogens is 434 g/mol. The molecule has 0 spiro atoms. The molecule has 0 saturated heterocycles. The molecule has 0 amide bonds. The third kappa shape index (κ3) is 4.23. The second kappa shape index (κ2) is 8.79. The maximum absolute atomic E-state index is 12.2. The summed E-state index contributed by atoms with van der Waals surface area (Å²) in [6.45, 7) is -0.395. The van der Waals surface area contributed by atoms with Gasteiger partial charge in [-0.25, -0.2) is 4.79 Å². The number of carbonyl (C=O) groups is 1. The maximum Gasteiger partial charge on any atom is 0.349 e. The third-order valence-electron chi connectivity index (χ3n) is 4.65. The van der Waals surface area contributed by atoms with E-state index in [-0.39, 0.29) is 23.2 Å². The van der Waals surface area contributed by atoms with Crippen LogP contribution in [0.15, 0.2) is 71.4 Å². The number of nitro benzene ring substituents is 1. The number of nitrogens with zero attached hydrogens (tertiary/aromatic N) is 2. The van der Waals surface area contributed by atoms with Crippen LogP contribution in [0.25, 0.3) is 0 Å². The van der Waals surface area contributed by atoms with Gasteiger partial charge >= 0.3 is 5.97 Å². The molecule has 1 aliphatic heterocycles. The molecular formula is C22H15N3O6S. The minimum absolute atomic E-state index is 0.00313. The molecule has 1 aliphatic rings. The quantitative estimate of drug-likeness (QED) is 0.259. The fourth-order valence-corrected chi connectivity index (χ4v) is 4.07. The second-order valence-corrected chi connectivity index (χ2v) is 7.63. The highest BCUT2D eigenvalue weighted by Crippen LogP contribution is 2.44. The Morgan fingerprint density at radius 1 is 1.22 bits per heavy atom. The van der Waals surface area contributed by atoms with Gasteiger partial charge < -0.3 is 19.9 Å². The average Bonchev–Trinajstić information content (AvgIpc) is 3.31. The van der Waals surface area contributed by atoms with Crippen LogP contribution in [0.4, 0.5) is 5.69 Å². The van der Waals surface area contributed by atoms with Crippen molar-refractivity contribution in [3.63, 3.8) is 0 Å². The van der Waals surface area contributed by atoms with Gasteiger partial charge in [-0.15, -0.1) is 11.3 Å². The number of nitrogens with two attached hydrogens (primary N) is 1. The minimum Gasteiger partial charge on any atom is -0.482 e. The van der Waals surface area contributed by atoms with Crippen molar-refractivity contribution in [2.45, 2.75) is 5.92 Å². The van der Waals surface area contributed by atoms with E-state index in [9.17, 15) is 20.2 Å². The summed E-state index contributed by atoms with van der Waals surface area (Å²) in [7, 11) is 0. The average molecular weight is 449 g/mol. The highest BCUT2D eigenvalue weighted by atomic mass is 32.1. The number of carbonyl (C=O) groups excluding carboxylic acids is 1. The number of nitriles is 1. The van der Waals surface area contributed by atoms with E-state index in [1.54, 1.807) is 12.1 Å². The van der Waals surface area contributed by atoms with Gasteiger partial charge in [-0.3, -0.25) is 10.1 Å². The van der Waals surface area contributed by atoms with Crippen LogP contribution in [-0.4, -0.2) is 17.5 Å². The lowest BCUT2D eigenvalue weighted by atomic mass is 9.88. The fraction of sp³-hybridized carbons (Fsp3) is 0.0909. The molecule has 32 heavy (non-hydrogen) atoms. The van der Waals surface area contributed by atoms with Crippen LogP contribution in [0.3, 0.4) is 0 Å². The zero-order valence-electron chi connectivity index (χ0n) is 16.4. The van der Waals surface area contributed by atoms with Gasteiger partial charge in [-0.1, -0.05) is 12.1 Å². The number of non-ortho nitro benzene ring substituents is 1. The first-order chi connectivity index (χ1) is 15.5. The Morgan fingerprint density at radius 2 is 1.97 bits per heavy atom. The lowest BCUT2D eigenvalue weighted by molar-refractivity contribution is -0.384. The van der Waals surface area contributed by atoms with Crippen molar-refractivity contribution in [1.29, 1.82) is 5.26 Å². The van der Waals surface area contributed by atoms with Crippen molar-refractivity contribution in [3.05, 3.63) is 92.0 Å². The van der Waals surface area contributed by atoms with Gasteiger partial charge in [0.25, 0.3) is 5.69 Å². The molecule has 0 radical (unpaired) electrons. The van der Waals surface area contributed by atoms with Gasteiger partial charge in [0, 0.05) is 28.6 Å². The summed E-state index contributed by atoms with van der Waals surface area (Å²) in [6, 6.07) is 16.1. The molecule has 1 aromatic heterocycles. The van der Waals surface area contributed by atoms with E-state index in [2.05, 4.69) is 6.07 Å². The van der Waals surface area contributed by atoms with Crippen LogP contribution < -0.4 is 19.9 Å². The number of ether oxygens (including phenoxy) is 3. The molecule has 0 saturated carbocycles. The highest BCUT2D eigenvalue weighted by Gasteiger charge is 2.31. The van der Waals surface area contributed by atoms with E-state index in [4.69, 9.17) is 19.9 Å². The van der Waals surface area contributed by atoms with E-state index in [1.165, 1.54) is 41.7 Å². The zero-order chi connectivity index (χ0) is 22.7. The van der Waals surface area contributed by atoms with Crippen molar-refractivity contribution in [2.24, 2.45) is 5.73 Å². The van der Waals surface area contributed by atoms with Crippen LogP contribution in [-0.2, 0) is 4.79 Å². The second-order valence-electron chi connectivity index (χ2n) is 6.65. The SMILES string of the molecule is N#CC1=C(N)Oc2cc(OC(=O)COc3ccc([N+](=O)[O-])cc3)ccc2C1c1cccs1. The third-order valence-corrected chi connectivity index (χ3v) is 5.59. The lowest BCUT2D eigenvalue weighted by Crippen LogP contribution is -2.21. The molecule has 0 fully saturated rings. The smallest absolute Gasteiger partial charge is 0.349 e. The van der Waals surface area contributed by atoms with Gasteiger partial charge in [-0.05, 0) is 29.6 Å². The summed E-state index contributed by atoms with van der Waals surface area (Å²) in [6.07, 6.45) is 0. The summed E-state index contributed by atoms with van der Waals surface area (Å²) in [5, 5.41) is 22.1. The van der Waals surface area contributed by atoms with Crippen molar-refractivity contribution in [3.8, 4) is 23.3 Å². The Hall–Kier alpha value is -4.36. The van der Waals surface area contributed by atoms with Crippen LogP contribution >= 0.6 is 11.3 Å².